The first-order valence-electron chi connectivity index (χ1n) is 9.47. The van der Waals surface area contributed by atoms with Gasteiger partial charge in [0.05, 0.1) is 0 Å². The SMILES string of the molecule is CCC(C)N(C(C)CC)C1CC1N(C(C)CC)C(C)CC. The summed E-state index contributed by atoms with van der Waals surface area (Å²) in [5.74, 6) is 0. The van der Waals surface area contributed by atoms with E-state index in [-0.39, 0.29) is 0 Å². The van der Waals surface area contributed by atoms with Crippen LogP contribution in [0.3, 0.4) is 0 Å². The molecule has 1 saturated carbocycles. The lowest BCUT2D eigenvalue weighted by Gasteiger charge is -2.39. The van der Waals surface area contributed by atoms with Crippen molar-refractivity contribution in [3.8, 4) is 0 Å². The third-order valence-electron chi connectivity index (χ3n) is 5.89. The zero-order valence-electron chi connectivity index (χ0n) is 15.9. The molecular weight excluding hydrogens is 256 g/mol. The zero-order valence-corrected chi connectivity index (χ0v) is 15.9. The summed E-state index contributed by atoms with van der Waals surface area (Å²) in [5, 5.41) is 0. The zero-order chi connectivity index (χ0) is 16.2. The Morgan fingerprint density at radius 1 is 0.619 bits per heavy atom. The van der Waals surface area contributed by atoms with E-state index in [0.29, 0.717) is 24.2 Å². The number of nitrogens with zero attached hydrogens (tertiary/aromatic N) is 2. The van der Waals surface area contributed by atoms with E-state index in [9.17, 15) is 0 Å². The van der Waals surface area contributed by atoms with E-state index in [4.69, 9.17) is 0 Å². The third kappa shape index (κ3) is 4.45. The van der Waals surface area contributed by atoms with Crippen LogP contribution in [-0.2, 0) is 0 Å². The van der Waals surface area contributed by atoms with Gasteiger partial charge in [-0.1, -0.05) is 27.7 Å². The molecule has 0 bridgehead atoms. The first-order chi connectivity index (χ1) is 9.92. The predicted molar refractivity (Wildman–Crippen MR) is 94.9 cm³/mol. The van der Waals surface area contributed by atoms with Crippen LogP contribution < -0.4 is 0 Å². The first kappa shape index (κ1) is 19.0. The second-order valence-corrected chi connectivity index (χ2v) is 7.29. The van der Waals surface area contributed by atoms with Gasteiger partial charge in [-0.2, -0.15) is 0 Å². The highest BCUT2D eigenvalue weighted by atomic mass is 15.3. The van der Waals surface area contributed by atoms with Gasteiger partial charge in [0, 0.05) is 36.3 Å². The molecule has 0 aromatic rings. The van der Waals surface area contributed by atoms with E-state index < -0.39 is 0 Å². The molecule has 0 radical (unpaired) electrons. The molecule has 2 heteroatoms. The second kappa shape index (κ2) is 8.53. The standard InChI is InChI=1S/C19H40N2/c1-9-14(5)20(15(6)10-2)18-13-19(18)21(16(7)11-3)17(8)12-4/h14-19H,9-13H2,1-8H3. The van der Waals surface area contributed by atoms with Crippen molar-refractivity contribution in [2.24, 2.45) is 0 Å². The number of hydrogen-bond acceptors (Lipinski definition) is 2. The monoisotopic (exact) mass is 296 g/mol. The van der Waals surface area contributed by atoms with Crippen LogP contribution >= 0.6 is 0 Å². The molecule has 1 fully saturated rings. The van der Waals surface area contributed by atoms with Gasteiger partial charge in [-0.25, -0.2) is 0 Å². The summed E-state index contributed by atoms with van der Waals surface area (Å²) in [6, 6.07) is 4.43. The molecule has 1 rings (SSSR count). The molecule has 0 aliphatic heterocycles. The molecule has 6 unspecified atom stereocenters. The fourth-order valence-electron chi connectivity index (χ4n) is 3.83. The molecule has 126 valence electrons. The second-order valence-electron chi connectivity index (χ2n) is 7.29. The quantitative estimate of drug-likeness (QED) is 0.564. The van der Waals surface area contributed by atoms with E-state index in [0.717, 1.165) is 12.1 Å². The van der Waals surface area contributed by atoms with E-state index in [1.54, 1.807) is 0 Å². The average Bonchev–Trinajstić information content (AvgIpc) is 3.26. The minimum atomic E-state index is 0.714. The van der Waals surface area contributed by atoms with Gasteiger partial charge in [0.15, 0.2) is 0 Å². The summed E-state index contributed by atoms with van der Waals surface area (Å²) in [6.07, 6.45) is 6.43. The van der Waals surface area contributed by atoms with Crippen LogP contribution in [0, 0.1) is 0 Å². The van der Waals surface area contributed by atoms with Crippen molar-refractivity contribution in [2.75, 3.05) is 0 Å². The van der Waals surface area contributed by atoms with Gasteiger partial charge in [-0.15, -0.1) is 0 Å². The summed E-state index contributed by atoms with van der Waals surface area (Å²) in [6.45, 7) is 19.0. The summed E-state index contributed by atoms with van der Waals surface area (Å²) >= 11 is 0. The van der Waals surface area contributed by atoms with E-state index in [1.807, 2.05) is 0 Å². The summed E-state index contributed by atoms with van der Waals surface area (Å²) < 4.78 is 0. The van der Waals surface area contributed by atoms with Crippen molar-refractivity contribution in [1.82, 2.24) is 9.80 Å². The minimum absolute atomic E-state index is 0.714. The molecule has 21 heavy (non-hydrogen) atoms. The number of rotatable bonds is 10. The van der Waals surface area contributed by atoms with Crippen LogP contribution in [0.1, 0.15) is 87.5 Å². The topological polar surface area (TPSA) is 6.48 Å². The summed E-state index contributed by atoms with van der Waals surface area (Å²) in [4.78, 5) is 5.64. The Balaban J connectivity index is 2.82. The van der Waals surface area contributed by atoms with Gasteiger partial charge in [0.25, 0.3) is 0 Å². The average molecular weight is 297 g/mol. The molecule has 0 amide bonds. The van der Waals surface area contributed by atoms with Gasteiger partial charge in [0.1, 0.15) is 0 Å². The Kier molecular flexibility index (Phi) is 7.70. The van der Waals surface area contributed by atoms with Gasteiger partial charge in [0.2, 0.25) is 0 Å². The van der Waals surface area contributed by atoms with Crippen molar-refractivity contribution in [2.45, 2.75) is 124 Å². The Morgan fingerprint density at radius 2 is 0.857 bits per heavy atom. The molecular formula is C19H40N2. The van der Waals surface area contributed by atoms with Crippen molar-refractivity contribution in [3.63, 3.8) is 0 Å². The molecule has 0 aromatic heterocycles. The first-order valence-corrected chi connectivity index (χ1v) is 9.47. The summed E-state index contributed by atoms with van der Waals surface area (Å²) in [7, 11) is 0. The normalized spacial score (nSPS) is 27.7. The lowest BCUT2D eigenvalue weighted by atomic mass is 10.1. The fourth-order valence-corrected chi connectivity index (χ4v) is 3.83. The highest BCUT2D eigenvalue weighted by Crippen LogP contribution is 2.39. The fraction of sp³-hybridized carbons (Fsp3) is 1.00. The maximum Gasteiger partial charge on any atom is 0.0273 e. The molecule has 0 aromatic carbocycles. The van der Waals surface area contributed by atoms with Gasteiger partial charge in [-0.05, 0) is 59.8 Å². The Labute approximate surface area is 134 Å². The Morgan fingerprint density at radius 3 is 1.05 bits per heavy atom. The Bertz CT molecular complexity index is 243. The largest absolute Gasteiger partial charge is 0.293 e. The molecule has 0 N–H and O–H groups in total. The van der Waals surface area contributed by atoms with E-state index in [1.165, 1.54) is 32.1 Å². The molecule has 2 nitrogen and oxygen atoms in total. The van der Waals surface area contributed by atoms with Crippen LogP contribution in [0.5, 0.6) is 0 Å². The molecule has 0 heterocycles. The van der Waals surface area contributed by atoms with Crippen molar-refractivity contribution < 1.29 is 0 Å². The van der Waals surface area contributed by atoms with Crippen molar-refractivity contribution in [1.29, 1.82) is 0 Å². The summed E-state index contributed by atoms with van der Waals surface area (Å²) in [5.41, 5.74) is 0. The van der Waals surface area contributed by atoms with Crippen LogP contribution in [0.15, 0.2) is 0 Å². The maximum atomic E-state index is 2.82. The third-order valence-corrected chi connectivity index (χ3v) is 5.89. The highest BCUT2D eigenvalue weighted by molar-refractivity contribution is 5.06. The van der Waals surface area contributed by atoms with Gasteiger partial charge < -0.3 is 0 Å². The lowest BCUT2D eigenvalue weighted by molar-refractivity contribution is 0.0831. The van der Waals surface area contributed by atoms with Crippen LogP contribution in [0.4, 0.5) is 0 Å². The van der Waals surface area contributed by atoms with Gasteiger partial charge >= 0.3 is 0 Å². The Hall–Kier alpha value is -0.0800. The van der Waals surface area contributed by atoms with E-state index in [2.05, 4.69) is 65.2 Å². The molecule has 0 saturated heterocycles. The molecule has 0 spiro atoms. The van der Waals surface area contributed by atoms with Crippen LogP contribution in [0.25, 0.3) is 0 Å². The van der Waals surface area contributed by atoms with E-state index >= 15 is 0 Å². The number of hydrogen-bond donors (Lipinski definition) is 0. The van der Waals surface area contributed by atoms with Crippen molar-refractivity contribution >= 4 is 0 Å². The molecule has 6 atom stereocenters. The smallest absolute Gasteiger partial charge is 0.0273 e. The maximum absolute atomic E-state index is 2.82. The van der Waals surface area contributed by atoms with Gasteiger partial charge in [-0.3, -0.25) is 9.80 Å². The van der Waals surface area contributed by atoms with Crippen molar-refractivity contribution in [3.05, 3.63) is 0 Å². The molecule has 1 aliphatic carbocycles. The van der Waals surface area contributed by atoms with Crippen LogP contribution in [0.2, 0.25) is 0 Å². The predicted octanol–water partition coefficient (Wildman–Crippen LogP) is 4.93. The van der Waals surface area contributed by atoms with Crippen LogP contribution in [-0.4, -0.2) is 46.1 Å². The minimum Gasteiger partial charge on any atom is -0.293 e. The lowest BCUT2D eigenvalue weighted by Crippen LogP contribution is -2.48. The highest BCUT2D eigenvalue weighted by Gasteiger charge is 2.49. The molecule has 1 aliphatic rings.